The summed E-state index contributed by atoms with van der Waals surface area (Å²) in [6, 6.07) is 11.1. The van der Waals surface area contributed by atoms with Gasteiger partial charge in [0.1, 0.15) is 0 Å². The highest BCUT2D eigenvalue weighted by Crippen LogP contribution is 2.78. The summed E-state index contributed by atoms with van der Waals surface area (Å²) in [5, 5.41) is -0.137. The molecule has 1 aromatic carbocycles. The Morgan fingerprint density at radius 3 is 2.41 bits per heavy atom. The SMILES string of the molecule is [B][C@@]12CN(C(C)C)C[C@]1(S)[C@H]2c1ccccc1. The number of likely N-dealkylation sites (tertiary alicyclic amines) is 1. The molecular formula is C14H18BNS. The summed E-state index contributed by atoms with van der Waals surface area (Å²) in [5.41, 5.74) is 1.34. The third-order valence-electron chi connectivity index (χ3n) is 4.49. The molecule has 0 amide bonds. The molecule has 2 aliphatic rings. The van der Waals surface area contributed by atoms with Crippen LogP contribution in [0.3, 0.4) is 0 Å². The van der Waals surface area contributed by atoms with Gasteiger partial charge in [-0.1, -0.05) is 30.3 Å². The zero-order valence-electron chi connectivity index (χ0n) is 10.4. The number of benzene rings is 1. The summed E-state index contributed by atoms with van der Waals surface area (Å²) in [6.07, 6.45) is 0. The number of hydrogen-bond donors (Lipinski definition) is 1. The average molecular weight is 243 g/mol. The van der Waals surface area contributed by atoms with E-state index < -0.39 is 0 Å². The summed E-state index contributed by atoms with van der Waals surface area (Å²) in [5.74, 6) is 0.412. The van der Waals surface area contributed by atoms with Crippen LogP contribution < -0.4 is 0 Å². The maximum absolute atomic E-state index is 6.57. The minimum absolute atomic E-state index is 0.0291. The van der Waals surface area contributed by atoms with Crippen molar-refractivity contribution in [2.24, 2.45) is 0 Å². The fraction of sp³-hybridized carbons (Fsp3) is 0.571. The Bertz CT molecular complexity index is 417. The first kappa shape index (κ1) is 11.7. The minimum atomic E-state index is -0.137. The second kappa shape index (κ2) is 3.55. The molecular weight excluding hydrogens is 225 g/mol. The molecule has 2 radical (unpaired) electrons. The summed E-state index contributed by atoms with van der Waals surface area (Å²) in [7, 11) is 6.57. The van der Waals surface area contributed by atoms with Crippen molar-refractivity contribution >= 4 is 20.5 Å². The van der Waals surface area contributed by atoms with Crippen molar-refractivity contribution in [2.45, 2.75) is 35.9 Å². The van der Waals surface area contributed by atoms with Crippen LogP contribution in [-0.2, 0) is 0 Å². The zero-order chi connectivity index (χ0) is 12.3. The molecule has 1 aliphatic heterocycles. The zero-order valence-corrected chi connectivity index (χ0v) is 11.3. The van der Waals surface area contributed by atoms with Gasteiger partial charge in [0.2, 0.25) is 0 Å². The molecule has 0 unspecified atom stereocenters. The second-order valence-corrected chi connectivity index (χ2v) is 6.61. The largest absolute Gasteiger partial charge is 0.300 e. The van der Waals surface area contributed by atoms with Crippen LogP contribution in [-0.4, -0.2) is 36.6 Å². The van der Waals surface area contributed by atoms with E-state index in [1.807, 2.05) is 0 Å². The predicted molar refractivity (Wildman–Crippen MR) is 76.1 cm³/mol. The molecule has 3 atom stereocenters. The fourth-order valence-electron chi connectivity index (χ4n) is 3.36. The Balaban J connectivity index is 1.87. The van der Waals surface area contributed by atoms with Gasteiger partial charge in [-0.3, -0.25) is 4.90 Å². The van der Waals surface area contributed by atoms with Gasteiger partial charge in [0, 0.05) is 17.3 Å². The van der Waals surface area contributed by atoms with Crippen molar-refractivity contribution in [3.05, 3.63) is 35.9 Å². The van der Waals surface area contributed by atoms with Crippen molar-refractivity contribution in [1.82, 2.24) is 4.90 Å². The summed E-state index contributed by atoms with van der Waals surface area (Å²) < 4.78 is -0.0291. The summed E-state index contributed by atoms with van der Waals surface area (Å²) >= 11 is 4.90. The van der Waals surface area contributed by atoms with Gasteiger partial charge in [-0.2, -0.15) is 12.6 Å². The molecule has 1 aliphatic carbocycles. The van der Waals surface area contributed by atoms with Crippen LogP contribution in [0, 0.1) is 0 Å². The van der Waals surface area contributed by atoms with E-state index in [1.54, 1.807) is 0 Å². The molecule has 0 aromatic heterocycles. The maximum atomic E-state index is 6.57. The van der Waals surface area contributed by atoms with Crippen LogP contribution in [0.1, 0.15) is 25.3 Å². The summed E-state index contributed by atoms with van der Waals surface area (Å²) in [4.78, 5) is 2.44. The fourth-order valence-corrected chi connectivity index (χ4v) is 4.06. The van der Waals surface area contributed by atoms with E-state index in [0.717, 1.165) is 13.1 Å². The Labute approximate surface area is 110 Å². The maximum Gasteiger partial charge on any atom is 0.0792 e. The van der Waals surface area contributed by atoms with Crippen molar-refractivity contribution in [2.75, 3.05) is 13.1 Å². The van der Waals surface area contributed by atoms with Gasteiger partial charge < -0.3 is 0 Å². The normalized spacial score (nSPS) is 40.6. The van der Waals surface area contributed by atoms with Gasteiger partial charge >= 0.3 is 0 Å². The molecule has 17 heavy (non-hydrogen) atoms. The van der Waals surface area contributed by atoms with E-state index >= 15 is 0 Å². The van der Waals surface area contributed by atoms with Crippen LogP contribution in [0.15, 0.2) is 30.3 Å². The topological polar surface area (TPSA) is 3.24 Å². The van der Waals surface area contributed by atoms with Gasteiger partial charge in [0.25, 0.3) is 0 Å². The average Bonchev–Trinajstić information content (AvgIpc) is 2.60. The Morgan fingerprint density at radius 1 is 1.29 bits per heavy atom. The first-order valence-corrected chi connectivity index (χ1v) is 6.74. The first-order valence-electron chi connectivity index (χ1n) is 6.29. The lowest BCUT2D eigenvalue weighted by molar-refractivity contribution is 0.248. The molecule has 1 saturated heterocycles. The monoisotopic (exact) mass is 243 g/mol. The standard InChI is InChI=1S/C14H18BNS/c1-10(2)16-8-13(15)12(14(13,17)9-16)11-6-4-3-5-7-11/h3-7,10,12,17H,8-9H2,1-2H3/t12-,13+,14-/m0/s1. The molecule has 2 fully saturated rings. The van der Waals surface area contributed by atoms with Crippen LogP contribution in [0.2, 0.25) is 5.31 Å². The smallest absolute Gasteiger partial charge is 0.0792 e. The lowest BCUT2D eigenvalue weighted by Crippen LogP contribution is -2.33. The lowest BCUT2D eigenvalue weighted by atomic mass is 9.79. The third kappa shape index (κ3) is 1.45. The number of thiol groups is 1. The van der Waals surface area contributed by atoms with Gasteiger partial charge in [0.05, 0.1) is 7.85 Å². The molecule has 1 saturated carbocycles. The van der Waals surface area contributed by atoms with E-state index in [4.69, 9.17) is 20.5 Å². The number of nitrogens with zero attached hydrogens (tertiary/aromatic N) is 1. The molecule has 3 heteroatoms. The van der Waals surface area contributed by atoms with E-state index in [2.05, 4.69) is 49.1 Å². The number of piperidine rings is 1. The Kier molecular flexibility index (Phi) is 2.44. The molecule has 0 spiro atoms. The molecule has 88 valence electrons. The van der Waals surface area contributed by atoms with Crippen LogP contribution >= 0.6 is 12.6 Å². The van der Waals surface area contributed by atoms with Gasteiger partial charge in [-0.05, 0) is 37.2 Å². The third-order valence-corrected chi connectivity index (χ3v) is 5.30. The van der Waals surface area contributed by atoms with Crippen molar-refractivity contribution in [3.8, 4) is 0 Å². The predicted octanol–water partition coefficient (Wildman–Crippen LogP) is 2.50. The van der Waals surface area contributed by atoms with Gasteiger partial charge in [0.15, 0.2) is 0 Å². The van der Waals surface area contributed by atoms with E-state index in [1.165, 1.54) is 5.56 Å². The molecule has 0 bridgehead atoms. The number of hydrogen-bond acceptors (Lipinski definition) is 2. The molecule has 0 N–H and O–H groups in total. The quantitative estimate of drug-likeness (QED) is 0.617. The minimum Gasteiger partial charge on any atom is -0.300 e. The van der Waals surface area contributed by atoms with E-state index in [-0.39, 0.29) is 10.1 Å². The Hall–Kier alpha value is -0.405. The highest BCUT2D eigenvalue weighted by molar-refractivity contribution is 7.82. The second-order valence-electron chi connectivity index (χ2n) is 5.81. The van der Waals surface area contributed by atoms with Crippen LogP contribution in [0.25, 0.3) is 0 Å². The van der Waals surface area contributed by atoms with Gasteiger partial charge in [-0.25, -0.2) is 0 Å². The van der Waals surface area contributed by atoms with Crippen molar-refractivity contribution in [1.29, 1.82) is 0 Å². The van der Waals surface area contributed by atoms with Gasteiger partial charge in [-0.15, -0.1) is 0 Å². The van der Waals surface area contributed by atoms with Crippen LogP contribution in [0.5, 0.6) is 0 Å². The molecule has 1 aromatic rings. The number of fused-ring (bicyclic) bond motifs is 1. The van der Waals surface area contributed by atoms with E-state index in [0.29, 0.717) is 12.0 Å². The van der Waals surface area contributed by atoms with Crippen molar-refractivity contribution < 1.29 is 0 Å². The highest BCUT2D eigenvalue weighted by Gasteiger charge is 2.75. The van der Waals surface area contributed by atoms with Crippen LogP contribution in [0.4, 0.5) is 0 Å². The molecule has 1 nitrogen and oxygen atoms in total. The molecule has 1 heterocycles. The highest BCUT2D eigenvalue weighted by atomic mass is 32.1. The lowest BCUT2D eigenvalue weighted by Gasteiger charge is -2.26. The Morgan fingerprint density at radius 2 is 1.94 bits per heavy atom. The summed E-state index contributed by atoms with van der Waals surface area (Å²) in [6.45, 7) is 6.42. The van der Waals surface area contributed by atoms with E-state index in [9.17, 15) is 0 Å². The first-order chi connectivity index (χ1) is 7.99. The van der Waals surface area contributed by atoms with Crippen molar-refractivity contribution in [3.63, 3.8) is 0 Å². The number of rotatable bonds is 2. The molecule has 3 rings (SSSR count).